The molecule has 0 radical (unpaired) electrons. The van der Waals surface area contributed by atoms with Crippen LogP contribution in [-0.4, -0.2) is 76.4 Å². The zero-order chi connectivity index (χ0) is 15.4. The van der Waals surface area contributed by atoms with Crippen LogP contribution in [0.15, 0.2) is 0 Å². The van der Waals surface area contributed by atoms with E-state index in [1.54, 1.807) is 0 Å². The quantitative estimate of drug-likeness (QED) is 0.684. The smallest absolute Gasteiger partial charge is 0.326 e. The number of hydrogen-bond acceptors (Lipinski definition) is 4. The summed E-state index contributed by atoms with van der Waals surface area (Å²) >= 11 is 0. The van der Waals surface area contributed by atoms with E-state index in [1.165, 1.54) is 24.2 Å². The van der Waals surface area contributed by atoms with Gasteiger partial charge in [-0.2, -0.15) is 0 Å². The van der Waals surface area contributed by atoms with E-state index in [0.717, 1.165) is 19.6 Å². The van der Waals surface area contributed by atoms with Crippen molar-refractivity contribution in [1.29, 1.82) is 0 Å². The van der Waals surface area contributed by atoms with Gasteiger partial charge in [-0.05, 0) is 32.9 Å². The monoisotopic (exact) mass is 299 g/mol. The van der Waals surface area contributed by atoms with Gasteiger partial charge in [0, 0.05) is 25.6 Å². The Kier molecular flexibility index (Phi) is 5.41. The number of urea groups is 1. The molecular formula is C14H25N3O4. The van der Waals surface area contributed by atoms with Crippen LogP contribution in [0.2, 0.25) is 0 Å². The van der Waals surface area contributed by atoms with Gasteiger partial charge in [-0.25, -0.2) is 9.59 Å². The van der Waals surface area contributed by atoms with Crippen molar-refractivity contribution < 1.29 is 19.8 Å². The highest BCUT2D eigenvalue weighted by Crippen LogP contribution is 2.18. The van der Waals surface area contributed by atoms with E-state index in [-0.39, 0.29) is 19.0 Å². The molecule has 1 unspecified atom stereocenters. The molecular weight excluding hydrogens is 274 g/mol. The van der Waals surface area contributed by atoms with Gasteiger partial charge in [0.1, 0.15) is 6.04 Å². The summed E-state index contributed by atoms with van der Waals surface area (Å²) in [4.78, 5) is 26.8. The second kappa shape index (κ2) is 7.09. The molecule has 7 nitrogen and oxygen atoms in total. The molecule has 0 saturated carbocycles. The van der Waals surface area contributed by atoms with Gasteiger partial charge in [0.05, 0.1) is 6.10 Å². The summed E-state index contributed by atoms with van der Waals surface area (Å²) in [5.74, 6) is -1.06. The minimum Gasteiger partial charge on any atom is -0.480 e. The molecule has 0 aromatic heterocycles. The van der Waals surface area contributed by atoms with Gasteiger partial charge in [0.25, 0.3) is 0 Å². The number of carbonyl (C=O) groups excluding carboxylic acids is 1. The molecule has 0 aromatic rings. The number of hydrogen-bond donors (Lipinski definition) is 3. The standard InChI is InChI=1S/C14H25N3O4/c1-10(8-16-5-3-2-4-6-16)15-14(21)17-9-11(18)7-12(17)13(19)20/h10-12,18H,2-9H2,1H3,(H,15,21)(H,19,20)/t10?,11-,12+/m1/s1. The zero-order valence-electron chi connectivity index (χ0n) is 12.5. The van der Waals surface area contributed by atoms with Gasteiger partial charge in [-0.1, -0.05) is 6.42 Å². The second-order valence-electron chi connectivity index (χ2n) is 6.11. The van der Waals surface area contributed by atoms with Crippen molar-refractivity contribution in [2.75, 3.05) is 26.2 Å². The maximum Gasteiger partial charge on any atom is 0.326 e. The van der Waals surface area contributed by atoms with Crippen LogP contribution in [0.5, 0.6) is 0 Å². The summed E-state index contributed by atoms with van der Waals surface area (Å²) in [6, 6.07) is -1.37. The first-order valence-corrected chi connectivity index (χ1v) is 7.67. The maximum absolute atomic E-state index is 12.2. The first kappa shape index (κ1) is 16.0. The predicted molar refractivity (Wildman–Crippen MR) is 77.0 cm³/mol. The Morgan fingerprint density at radius 2 is 1.95 bits per heavy atom. The van der Waals surface area contributed by atoms with Crippen LogP contribution >= 0.6 is 0 Å². The van der Waals surface area contributed by atoms with Gasteiger partial charge >= 0.3 is 12.0 Å². The lowest BCUT2D eigenvalue weighted by atomic mass is 10.1. The van der Waals surface area contributed by atoms with E-state index < -0.39 is 24.1 Å². The zero-order valence-corrected chi connectivity index (χ0v) is 12.5. The van der Waals surface area contributed by atoms with Crippen LogP contribution in [0.4, 0.5) is 4.79 Å². The number of nitrogens with one attached hydrogen (secondary N) is 1. The summed E-state index contributed by atoms with van der Waals surface area (Å²) in [6.07, 6.45) is 3.00. The minimum absolute atomic E-state index is 0.0391. The number of aliphatic hydroxyl groups is 1. The molecule has 2 amide bonds. The molecule has 7 heteroatoms. The van der Waals surface area contributed by atoms with Crippen LogP contribution < -0.4 is 5.32 Å². The van der Waals surface area contributed by atoms with Crippen molar-refractivity contribution in [2.45, 2.75) is 50.8 Å². The van der Waals surface area contributed by atoms with Crippen molar-refractivity contribution >= 4 is 12.0 Å². The third-order valence-electron chi connectivity index (χ3n) is 4.18. The van der Waals surface area contributed by atoms with Gasteiger partial charge in [-0.15, -0.1) is 0 Å². The van der Waals surface area contributed by atoms with Crippen molar-refractivity contribution in [3.05, 3.63) is 0 Å². The topological polar surface area (TPSA) is 93.1 Å². The molecule has 2 rings (SSSR count). The largest absolute Gasteiger partial charge is 0.480 e. The summed E-state index contributed by atoms with van der Waals surface area (Å²) < 4.78 is 0. The van der Waals surface area contributed by atoms with Gasteiger partial charge in [0.2, 0.25) is 0 Å². The first-order valence-electron chi connectivity index (χ1n) is 7.67. The second-order valence-corrected chi connectivity index (χ2v) is 6.11. The Morgan fingerprint density at radius 3 is 2.57 bits per heavy atom. The number of carboxylic acids is 1. The number of aliphatic hydroxyl groups excluding tert-OH is 1. The van der Waals surface area contributed by atoms with Crippen molar-refractivity contribution in [3.8, 4) is 0 Å². The van der Waals surface area contributed by atoms with Gasteiger partial charge in [0.15, 0.2) is 0 Å². The molecule has 2 aliphatic heterocycles. The van der Waals surface area contributed by atoms with E-state index in [1.807, 2.05) is 6.92 Å². The predicted octanol–water partition coefficient (Wildman–Crippen LogP) is 0.0902. The fourth-order valence-corrected chi connectivity index (χ4v) is 3.14. The lowest BCUT2D eigenvalue weighted by Gasteiger charge is -2.30. The van der Waals surface area contributed by atoms with Crippen molar-refractivity contribution in [1.82, 2.24) is 15.1 Å². The number of piperidine rings is 1. The Bertz CT molecular complexity index is 384. The Hall–Kier alpha value is -1.34. The molecule has 3 atom stereocenters. The van der Waals surface area contributed by atoms with E-state index in [0.29, 0.717) is 0 Å². The lowest BCUT2D eigenvalue weighted by Crippen LogP contribution is -2.51. The highest BCUT2D eigenvalue weighted by atomic mass is 16.4. The normalized spacial score (nSPS) is 28.4. The number of β-amino-alcohol motifs (C(OH)–C–C–N with tert-alkyl or cyclic N) is 1. The molecule has 0 aliphatic carbocycles. The average molecular weight is 299 g/mol. The Balaban J connectivity index is 1.83. The summed E-state index contributed by atoms with van der Waals surface area (Å²) in [5.41, 5.74) is 0. The van der Waals surface area contributed by atoms with Crippen LogP contribution in [-0.2, 0) is 4.79 Å². The molecule has 2 aliphatic rings. The number of likely N-dealkylation sites (tertiary alicyclic amines) is 2. The third kappa shape index (κ3) is 4.31. The van der Waals surface area contributed by atoms with Crippen molar-refractivity contribution in [2.24, 2.45) is 0 Å². The fraction of sp³-hybridized carbons (Fsp3) is 0.857. The lowest BCUT2D eigenvalue weighted by molar-refractivity contribution is -0.141. The van der Waals surface area contributed by atoms with Crippen molar-refractivity contribution in [3.63, 3.8) is 0 Å². The number of carbonyl (C=O) groups is 2. The maximum atomic E-state index is 12.2. The number of carboxylic acid groups (broad SMARTS) is 1. The number of amides is 2. The third-order valence-corrected chi connectivity index (χ3v) is 4.18. The first-order chi connectivity index (χ1) is 9.97. The molecule has 2 saturated heterocycles. The van der Waals surface area contributed by atoms with Crippen LogP contribution in [0.1, 0.15) is 32.6 Å². The molecule has 21 heavy (non-hydrogen) atoms. The molecule has 3 N–H and O–H groups in total. The Labute approximate surface area is 124 Å². The van der Waals surface area contributed by atoms with E-state index in [2.05, 4.69) is 10.2 Å². The number of rotatable bonds is 4. The molecule has 2 fully saturated rings. The summed E-state index contributed by atoms with van der Waals surface area (Å²) in [7, 11) is 0. The van der Waals surface area contributed by atoms with E-state index in [4.69, 9.17) is 5.11 Å². The molecule has 0 aromatic carbocycles. The summed E-state index contributed by atoms with van der Waals surface area (Å²) in [5, 5.41) is 21.5. The van der Waals surface area contributed by atoms with Crippen LogP contribution in [0, 0.1) is 0 Å². The molecule has 0 spiro atoms. The molecule has 2 heterocycles. The fourth-order valence-electron chi connectivity index (χ4n) is 3.14. The number of nitrogens with zero attached hydrogens (tertiary/aromatic N) is 2. The Morgan fingerprint density at radius 1 is 1.29 bits per heavy atom. The highest BCUT2D eigenvalue weighted by molar-refractivity contribution is 5.83. The highest BCUT2D eigenvalue weighted by Gasteiger charge is 2.39. The SMILES string of the molecule is CC(CN1CCCCC1)NC(=O)N1C[C@H](O)C[C@H]1C(=O)O. The van der Waals surface area contributed by atoms with Gasteiger partial charge in [-0.3, -0.25) is 0 Å². The average Bonchev–Trinajstić information content (AvgIpc) is 2.82. The molecule has 0 bridgehead atoms. The van der Waals surface area contributed by atoms with Crippen LogP contribution in [0.25, 0.3) is 0 Å². The molecule has 120 valence electrons. The van der Waals surface area contributed by atoms with Crippen LogP contribution in [0.3, 0.4) is 0 Å². The van der Waals surface area contributed by atoms with Gasteiger partial charge < -0.3 is 25.3 Å². The van der Waals surface area contributed by atoms with E-state index in [9.17, 15) is 14.7 Å². The summed E-state index contributed by atoms with van der Waals surface area (Å²) in [6.45, 7) is 4.90. The number of aliphatic carboxylic acids is 1. The van der Waals surface area contributed by atoms with E-state index >= 15 is 0 Å². The minimum atomic E-state index is -1.06.